The fourth-order valence-corrected chi connectivity index (χ4v) is 2.65. The lowest BCUT2D eigenvalue weighted by molar-refractivity contribution is 0.182. The van der Waals surface area contributed by atoms with Gasteiger partial charge in [0.15, 0.2) is 0 Å². The molecule has 3 rings (SSSR count). The highest BCUT2D eigenvalue weighted by atomic mass is 79.9. The van der Waals surface area contributed by atoms with E-state index in [-0.39, 0.29) is 6.10 Å². The van der Waals surface area contributed by atoms with Gasteiger partial charge in [-0.05, 0) is 37.4 Å². The molecule has 19 heavy (non-hydrogen) atoms. The van der Waals surface area contributed by atoms with E-state index in [2.05, 4.69) is 27.9 Å². The van der Waals surface area contributed by atoms with E-state index < -0.39 is 0 Å². The molecule has 2 heterocycles. The second-order valence-electron chi connectivity index (χ2n) is 4.89. The van der Waals surface area contributed by atoms with Crippen molar-refractivity contribution in [3.8, 4) is 5.75 Å². The van der Waals surface area contributed by atoms with Crippen molar-refractivity contribution in [1.29, 1.82) is 0 Å². The molecule has 0 N–H and O–H groups in total. The Kier molecular flexibility index (Phi) is 3.62. The summed E-state index contributed by atoms with van der Waals surface area (Å²) >= 11 is 3.43. The van der Waals surface area contributed by atoms with E-state index >= 15 is 0 Å². The minimum Gasteiger partial charge on any atom is -0.486 e. The summed E-state index contributed by atoms with van der Waals surface area (Å²) in [7, 11) is 2.11. The van der Waals surface area contributed by atoms with Crippen LogP contribution in [0.25, 0.3) is 0 Å². The number of halogens is 1. The molecule has 1 aromatic carbocycles. The van der Waals surface area contributed by atoms with E-state index in [0.29, 0.717) is 0 Å². The quantitative estimate of drug-likeness (QED) is 0.836. The second-order valence-corrected chi connectivity index (χ2v) is 5.80. The summed E-state index contributed by atoms with van der Waals surface area (Å²) in [5.74, 6) is 1.91. The molecule has 4 heteroatoms. The molecule has 1 aliphatic heterocycles. The van der Waals surface area contributed by atoms with E-state index in [9.17, 15) is 0 Å². The maximum absolute atomic E-state index is 6.12. The lowest BCUT2D eigenvalue weighted by Gasteiger charge is -2.17. The molecule has 0 saturated carbocycles. The maximum atomic E-state index is 6.12. The topological polar surface area (TPSA) is 25.6 Å². The van der Waals surface area contributed by atoms with E-state index in [0.717, 1.165) is 35.5 Å². The van der Waals surface area contributed by atoms with Crippen molar-refractivity contribution in [2.24, 2.45) is 0 Å². The monoisotopic (exact) mass is 321 g/mol. The van der Waals surface area contributed by atoms with Crippen molar-refractivity contribution >= 4 is 15.9 Å². The third-order valence-corrected chi connectivity index (χ3v) is 3.93. The van der Waals surface area contributed by atoms with Crippen LogP contribution in [0.3, 0.4) is 0 Å². The van der Waals surface area contributed by atoms with Gasteiger partial charge in [-0.25, -0.2) is 0 Å². The summed E-state index contributed by atoms with van der Waals surface area (Å²) in [5, 5.41) is 0. The number of hydrogen-bond donors (Lipinski definition) is 0. The van der Waals surface area contributed by atoms with Crippen LogP contribution in [-0.2, 0) is 6.54 Å². The van der Waals surface area contributed by atoms with Gasteiger partial charge in [0.2, 0.25) is 0 Å². The van der Waals surface area contributed by atoms with Crippen LogP contribution >= 0.6 is 15.9 Å². The first kappa shape index (κ1) is 12.8. The summed E-state index contributed by atoms with van der Waals surface area (Å²) in [4.78, 5) is 2.26. The Balaban J connectivity index is 1.83. The van der Waals surface area contributed by atoms with Crippen LogP contribution in [-0.4, -0.2) is 18.5 Å². The molecule has 1 aliphatic rings. The Morgan fingerprint density at radius 3 is 2.84 bits per heavy atom. The Bertz CT molecular complexity index is 550. The third-order valence-electron chi connectivity index (χ3n) is 3.41. The SMILES string of the molecule is CN1CCC(Oc2ccc(Br)cc2)c2ccoc2C1. The molecule has 0 amide bonds. The van der Waals surface area contributed by atoms with Crippen molar-refractivity contribution < 1.29 is 9.15 Å². The maximum Gasteiger partial charge on any atom is 0.128 e. The smallest absolute Gasteiger partial charge is 0.128 e. The molecule has 3 nitrogen and oxygen atoms in total. The van der Waals surface area contributed by atoms with Crippen LogP contribution in [0.4, 0.5) is 0 Å². The predicted molar refractivity (Wildman–Crippen MR) is 77.2 cm³/mol. The summed E-state index contributed by atoms with van der Waals surface area (Å²) in [5.41, 5.74) is 1.17. The molecule has 0 spiro atoms. The number of hydrogen-bond acceptors (Lipinski definition) is 3. The summed E-state index contributed by atoms with van der Waals surface area (Å²) < 4.78 is 12.7. The molecule has 1 aromatic heterocycles. The number of fused-ring (bicyclic) bond motifs is 1. The van der Waals surface area contributed by atoms with Crippen LogP contribution < -0.4 is 4.74 Å². The van der Waals surface area contributed by atoms with E-state index in [1.54, 1.807) is 6.26 Å². The second kappa shape index (κ2) is 5.39. The molecule has 0 radical (unpaired) electrons. The zero-order chi connectivity index (χ0) is 13.2. The molecule has 0 bridgehead atoms. The Hall–Kier alpha value is -1.26. The first-order valence-electron chi connectivity index (χ1n) is 6.39. The fraction of sp³-hybridized carbons (Fsp3) is 0.333. The fourth-order valence-electron chi connectivity index (χ4n) is 2.38. The largest absolute Gasteiger partial charge is 0.486 e. The van der Waals surface area contributed by atoms with Crippen LogP contribution in [0.5, 0.6) is 5.75 Å². The zero-order valence-corrected chi connectivity index (χ0v) is 12.4. The number of nitrogens with zero attached hydrogens (tertiary/aromatic N) is 1. The predicted octanol–water partition coefficient (Wildman–Crippen LogP) is 4.00. The van der Waals surface area contributed by atoms with Gasteiger partial charge in [-0.15, -0.1) is 0 Å². The summed E-state index contributed by atoms with van der Waals surface area (Å²) in [6.45, 7) is 1.86. The van der Waals surface area contributed by atoms with E-state index in [1.807, 2.05) is 30.3 Å². The van der Waals surface area contributed by atoms with E-state index in [4.69, 9.17) is 9.15 Å². The van der Waals surface area contributed by atoms with Crippen LogP contribution in [0, 0.1) is 0 Å². The summed E-state index contributed by atoms with van der Waals surface area (Å²) in [6.07, 6.45) is 2.79. The molecule has 1 atom stereocenters. The minimum atomic E-state index is 0.0693. The molecule has 1 unspecified atom stereocenters. The third kappa shape index (κ3) is 2.85. The molecule has 0 fully saturated rings. The molecule has 2 aromatic rings. The highest BCUT2D eigenvalue weighted by molar-refractivity contribution is 9.10. The molecule has 100 valence electrons. The Morgan fingerprint density at radius 1 is 1.26 bits per heavy atom. The van der Waals surface area contributed by atoms with Crippen molar-refractivity contribution in [2.75, 3.05) is 13.6 Å². The van der Waals surface area contributed by atoms with Gasteiger partial charge in [0.05, 0.1) is 12.8 Å². The number of rotatable bonds is 2. The molecular weight excluding hydrogens is 306 g/mol. The summed E-state index contributed by atoms with van der Waals surface area (Å²) in [6, 6.07) is 9.98. The van der Waals surface area contributed by atoms with Gasteiger partial charge in [-0.1, -0.05) is 15.9 Å². The zero-order valence-electron chi connectivity index (χ0n) is 10.8. The first-order chi connectivity index (χ1) is 9.22. The Labute approximate surface area is 121 Å². The standard InChI is InChI=1S/C15H16BrNO2/c1-17-8-6-14(13-7-9-18-15(13)10-17)19-12-4-2-11(16)3-5-12/h2-5,7,9,14H,6,8,10H2,1H3. The molecule has 0 aliphatic carbocycles. The highest BCUT2D eigenvalue weighted by Gasteiger charge is 2.24. The normalized spacial score (nSPS) is 19.8. The minimum absolute atomic E-state index is 0.0693. The van der Waals surface area contributed by atoms with Gasteiger partial charge >= 0.3 is 0 Å². The van der Waals surface area contributed by atoms with Gasteiger partial charge in [-0.3, -0.25) is 4.90 Å². The van der Waals surface area contributed by atoms with Gasteiger partial charge in [0.25, 0.3) is 0 Å². The average Bonchev–Trinajstić information content (AvgIpc) is 2.79. The molecular formula is C15H16BrNO2. The lowest BCUT2D eigenvalue weighted by atomic mass is 10.1. The number of benzene rings is 1. The van der Waals surface area contributed by atoms with Gasteiger partial charge in [-0.2, -0.15) is 0 Å². The van der Waals surface area contributed by atoms with Gasteiger partial charge in [0.1, 0.15) is 17.6 Å². The van der Waals surface area contributed by atoms with Crippen molar-refractivity contribution in [2.45, 2.75) is 19.1 Å². The average molecular weight is 322 g/mol. The number of furan rings is 1. The lowest BCUT2D eigenvalue weighted by Crippen LogP contribution is -2.18. The van der Waals surface area contributed by atoms with Crippen molar-refractivity contribution in [3.05, 3.63) is 52.4 Å². The van der Waals surface area contributed by atoms with Gasteiger partial charge in [0, 0.05) is 23.0 Å². The van der Waals surface area contributed by atoms with Crippen molar-refractivity contribution in [3.63, 3.8) is 0 Å². The van der Waals surface area contributed by atoms with E-state index in [1.165, 1.54) is 5.56 Å². The van der Waals surface area contributed by atoms with Crippen LogP contribution in [0.15, 0.2) is 45.5 Å². The van der Waals surface area contributed by atoms with Crippen LogP contribution in [0.2, 0.25) is 0 Å². The van der Waals surface area contributed by atoms with Crippen molar-refractivity contribution in [1.82, 2.24) is 4.90 Å². The van der Waals surface area contributed by atoms with Gasteiger partial charge < -0.3 is 9.15 Å². The first-order valence-corrected chi connectivity index (χ1v) is 7.19. The van der Waals surface area contributed by atoms with Crippen LogP contribution in [0.1, 0.15) is 23.8 Å². The number of ether oxygens (including phenoxy) is 1. The highest BCUT2D eigenvalue weighted by Crippen LogP contribution is 2.31. The molecule has 0 saturated heterocycles. The Morgan fingerprint density at radius 2 is 2.05 bits per heavy atom.